The van der Waals surface area contributed by atoms with Crippen molar-refractivity contribution in [3.05, 3.63) is 99.3 Å². The fraction of sp³-hybridized carbons (Fsp3) is 0.235. The third-order valence-electron chi connectivity index (χ3n) is 8.05. The van der Waals surface area contributed by atoms with Gasteiger partial charge in [0, 0.05) is 73.8 Å². The first-order valence-electron chi connectivity index (χ1n) is 14.0. The largest absolute Gasteiger partial charge is 0.507 e. The summed E-state index contributed by atoms with van der Waals surface area (Å²) in [5.74, 6) is -3.08. The van der Waals surface area contributed by atoms with E-state index in [0.29, 0.717) is 5.69 Å². The highest BCUT2D eigenvalue weighted by atomic mass is 16.3. The van der Waals surface area contributed by atoms with Crippen LogP contribution in [0.25, 0.3) is 33.0 Å². The molecule has 1 heterocycles. The van der Waals surface area contributed by atoms with Gasteiger partial charge in [0.25, 0.3) is 0 Å². The zero-order valence-corrected chi connectivity index (χ0v) is 24.9. The lowest BCUT2D eigenvalue weighted by molar-refractivity contribution is 0.397. The lowest BCUT2D eigenvalue weighted by Crippen LogP contribution is -2.35. The molecule has 44 heavy (non-hydrogen) atoms. The monoisotopic (exact) mass is 594 g/mol. The average molecular weight is 595 g/mol. The van der Waals surface area contributed by atoms with Gasteiger partial charge in [0.1, 0.15) is 11.5 Å². The molecule has 0 aliphatic heterocycles. The fourth-order valence-corrected chi connectivity index (χ4v) is 5.97. The van der Waals surface area contributed by atoms with Crippen LogP contribution < -0.4 is 21.7 Å². The number of aromatic hydroxyl groups is 4. The number of benzene rings is 4. The van der Waals surface area contributed by atoms with Crippen molar-refractivity contribution in [1.29, 1.82) is 0 Å². The number of hydrogen-bond acceptors (Lipinski definition) is 10. The second kappa shape index (κ2) is 10.7. The Bertz CT molecular complexity index is 2210. The third kappa shape index (κ3) is 4.33. The second-order valence-electron chi connectivity index (χ2n) is 11.4. The van der Waals surface area contributed by atoms with Crippen LogP contribution in [0.2, 0.25) is 0 Å². The highest BCUT2D eigenvalue weighted by Gasteiger charge is 2.32. The van der Waals surface area contributed by atoms with Crippen LogP contribution in [-0.4, -0.2) is 31.6 Å². The van der Waals surface area contributed by atoms with Crippen LogP contribution in [0.3, 0.4) is 0 Å². The van der Waals surface area contributed by atoms with E-state index in [2.05, 4.69) is 9.98 Å². The molecule has 224 valence electrons. The molecule has 0 saturated heterocycles. The van der Waals surface area contributed by atoms with E-state index in [0.717, 1.165) is 6.07 Å². The molecule has 2 aromatic carbocycles. The van der Waals surface area contributed by atoms with Crippen LogP contribution in [0, 0.1) is 13.8 Å². The molecule has 0 bridgehead atoms. The van der Waals surface area contributed by atoms with Crippen molar-refractivity contribution >= 4 is 22.7 Å². The first kappa shape index (κ1) is 30.1. The number of rotatable bonds is 5. The number of aromatic nitrogens is 1. The molecular formula is C34H30N2O8. The Morgan fingerprint density at radius 1 is 0.727 bits per heavy atom. The predicted molar refractivity (Wildman–Crippen MR) is 169 cm³/mol. The summed E-state index contributed by atoms with van der Waals surface area (Å²) in [6, 6.07) is 4.12. The first-order chi connectivity index (χ1) is 20.7. The van der Waals surface area contributed by atoms with E-state index in [4.69, 9.17) is 0 Å². The van der Waals surface area contributed by atoms with Crippen LogP contribution in [0.1, 0.15) is 67.3 Å². The van der Waals surface area contributed by atoms with E-state index in [9.17, 15) is 39.6 Å². The van der Waals surface area contributed by atoms with Crippen molar-refractivity contribution in [2.75, 3.05) is 0 Å². The summed E-state index contributed by atoms with van der Waals surface area (Å²) in [6.07, 6.45) is 4.18. The molecule has 0 unspecified atom stereocenters. The average Bonchev–Trinajstić information content (AvgIpc) is 2.97. The van der Waals surface area contributed by atoms with Gasteiger partial charge in [-0.15, -0.1) is 0 Å². The number of fused-ring (bicyclic) bond motifs is 2. The molecule has 0 fully saturated rings. The molecule has 0 atom stereocenters. The van der Waals surface area contributed by atoms with Crippen LogP contribution in [0.15, 0.2) is 54.8 Å². The van der Waals surface area contributed by atoms with Crippen LogP contribution in [0.5, 0.6) is 23.0 Å². The van der Waals surface area contributed by atoms with E-state index in [1.807, 2.05) is 0 Å². The van der Waals surface area contributed by atoms with E-state index < -0.39 is 56.5 Å². The summed E-state index contributed by atoms with van der Waals surface area (Å²) in [4.78, 5) is 61.5. The van der Waals surface area contributed by atoms with Gasteiger partial charge in [-0.2, -0.15) is 0 Å². The SMILES string of the molecule is Cc1c(-c2c(C)c(=O)c3c(C(C)C)c(=O)c(=O)cc-3c2=O)c(O)c2c(C=Nc3cccnc3)c(O)c(O)c(C(C)C)c2c1O. The summed E-state index contributed by atoms with van der Waals surface area (Å²) in [6.45, 7) is 9.54. The lowest BCUT2D eigenvalue weighted by Gasteiger charge is -2.23. The Morgan fingerprint density at radius 3 is 1.98 bits per heavy atom. The van der Waals surface area contributed by atoms with Crippen molar-refractivity contribution < 1.29 is 20.4 Å². The summed E-state index contributed by atoms with van der Waals surface area (Å²) < 4.78 is 0. The van der Waals surface area contributed by atoms with Gasteiger partial charge < -0.3 is 20.4 Å². The molecule has 1 aromatic heterocycles. The molecule has 0 saturated carbocycles. The molecule has 0 amide bonds. The number of aliphatic imine (C=N–C) groups is 1. The molecule has 10 nitrogen and oxygen atoms in total. The molecule has 2 aliphatic rings. The Morgan fingerprint density at radius 2 is 1.39 bits per heavy atom. The summed E-state index contributed by atoms with van der Waals surface area (Å²) >= 11 is 0. The molecule has 10 heteroatoms. The molecule has 4 N–H and O–H groups in total. The van der Waals surface area contributed by atoms with Gasteiger partial charge in [-0.1, -0.05) is 27.7 Å². The van der Waals surface area contributed by atoms with E-state index in [1.54, 1.807) is 46.0 Å². The topological polar surface area (TPSA) is 174 Å². The van der Waals surface area contributed by atoms with Crippen LogP contribution in [0.4, 0.5) is 5.69 Å². The van der Waals surface area contributed by atoms with Gasteiger partial charge in [0.15, 0.2) is 22.4 Å². The maximum atomic E-state index is 14.1. The van der Waals surface area contributed by atoms with Crippen molar-refractivity contribution in [2.45, 2.75) is 53.4 Å². The molecule has 2 aliphatic carbocycles. The maximum absolute atomic E-state index is 14.1. The zero-order chi connectivity index (χ0) is 32.4. The quantitative estimate of drug-likeness (QED) is 0.0968. The lowest BCUT2D eigenvalue weighted by atomic mass is 9.82. The predicted octanol–water partition coefficient (Wildman–Crippen LogP) is 4.76. The second-order valence-corrected chi connectivity index (χ2v) is 11.4. The van der Waals surface area contributed by atoms with E-state index in [-0.39, 0.29) is 60.8 Å². The highest BCUT2D eigenvalue weighted by Crippen LogP contribution is 2.53. The minimum absolute atomic E-state index is 0.0166. The number of pyridine rings is 1. The number of phenolic OH excluding ortho intramolecular Hbond substituents is 4. The zero-order valence-electron chi connectivity index (χ0n) is 24.9. The van der Waals surface area contributed by atoms with Crippen molar-refractivity contribution in [3.8, 4) is 45.3 Å². The Hall–Kier alpha value is -5.38. The maximum Gasteiger partial charge on any atom is 0.229 e. The Balaban J connectivity index is 2.01. The third-order valence-corrected chi connectivity index (χ3v) is 8.05. The summed E-state index contributed by atoms with van der Waals surface area (Å²) in [7, 11) is 0. The summed E-state index contributed by atoms with van der Waals surface area (Å²) in [5, 5.41) is 45.6. The number of nitrogens with zero attached hydrogens (tertiary/aromatic N) is 2. The van der Waals surface area contributed by atoms with Crippen LogP contribution in [-0.2, 0) is 0 Å². The molecule has 0 radical (unpaired) electrons. The van der Waals surface area contributed by atoms with Gasteiger partial charge in [-0.25, -0.2) is 0 Å². The normalized spacial score (nSPS) is 12.0. The molecule has 0 spiro atoms. The summed E-state index contributed by atoms with van der Waals surface area (Å²) in [5.41, 5.74) is -3.89. The van der Waals surface area contributed by atoms with Gasteiger partial charge >= 0.3 is 0 Å². The van der Waals surface area contributed by atoms with E-state index in [1.165, 1.54) is 26.3 Å². The number of hydrogen-bond donors (Lipinski definition) is 4. The first-order valence-corrected chi connectivity index (χ1v) is 14.0. The van der Waals surface area contributed by atoms with E-state index >= 15 is 0 Å². The molecule has 3 aromatic rings. The number of phenols is 4. The minimum atomic E-state index is -0.939. The Labute approximate surface area is 250 Å². The standard InChI is InChI=1S/C34H30N2O8/c1-13(2)21-25-18(10-20(37)32(21)42)30(40)23(15(5)28(25)38)24-16(6)29(39)27-22(14(3)4)34(44)31(41)19(26(27)33(24)43)12-36-17-8-7-9-35-11-17/h7-14,39,41,43-44H,1-6H3. The molecular weight excluding hydrogens is 564 g/mol. The van der Waals surface area contributed by atoms with Crippen LogP contribution >= 0.6 is 0 Å². The van der Waals surface area contributed by atoms with Gasteiger partial charge in [-0.05, 0) is 37.8 Å². The van der Waals surface area contributed by atoms with Crippen molar-refractivity contribution in [1.82, 2.24) is 4.98 Å². The van der Waals surface area contributed by atoms with Crippen molar-refractivity contribution in [3.63, 3.8) is 0 Å². The van der Waals surface area contributed by atoms with Gasteiger partial charge in [0.05, 0.1) is 17.4 Å². The van der Waals surface area contributed by atoms with Crippen molar-refractivity contribution in [2.24, 2.45) is 4.99 Å². The molecule has 5 rings (SSSR count). The smallest absolute Gasteiger partial charge is 0.229 e. The highest BCUT2D eigenvalue weighted by molar-refractivity contribution is 6.14. The fourth-order valence-electron chi connectivity index (χ4n) is 5.97. The Kier molecular flexibility index (Phi) is 7.33. The minimum Gasteiger partial charge on any atom is -0.507 e. The van der Waals surface area contributed by atoms with Gasteiger partial charge in [0.2, 0.25) is 10.9 Å². The van der Waals surface area contributed by atoms with Gasteiger partial charge in [-0.3, -0.25) is 29.2 Å².